The van der Waals surface area contributed by atoms with Crippen LogP contribution >= 0.6 is 0 Å². The number of unbranched alkanes of at least 4 members (excludes halogenated alkanes) is 2. The monoisotopic (exact) mass is 156 g/mol. The molecule has 0 atom stereocenters. The van der Waals surface area contributed by atoms with Crippen molar-refractivity contribution in [1.82, 2.24) is 5.32 Å². The third-order valence-electron chi connectivity index (χ3n) is 1.32. The second-order valence-corrected chi connectivity index (χ2v) is 2.42. The number of hydrogen-bond donors (Lipinski definition) is 1. The molecular formula is C8H16N2O. The maximum atomic E-state index is 10.4. The molecule has 1 amide bonds. The Kier molecular flexibility index (Phi) is 6.68. The topological polar surface area (TPSA) is 41.5 Å². The van der Waals surface area contributed by atoms with Gasteiger partial charge in [-0.2, -0.15) is 0 Å². The molecule has 0 saturated heterocycles. The summed E-state index contributed by atoms with van der Waals surface area (Å²) in [6, 6.07) is 0. The fraction of sp³-hybridized carbons (Fsp3) is 0.750. The second kappa shape index (κ2) is 7.25. The van der Waals surface area contributed by atoms with E-state index in [9.17, 15) is 4.79 Å². The van der Waals surface area contributed by atoms with E-state index in [1.807, 2.05) is 6.21 Å². The van der Waals surface area contributed by atoms with Gasteiger partial charge in [-0.15, -0.1) is 0 Å². The summed E-state index contributed by atoms with van der Waals surface area (Å²) < 4.78 is 0. The molecule has 0 fully saturated rings. The summed E-state index contributed by atoms with van der Waals surface area (Å²) in [4.78, 5) is 14.3. The fourth-order valence-corrected chi connectivity index (χ4v) is 0.754. The first-order valence-corrected chi connectivity index (χ1v) is 3.92. The van der Waals surface area contributed by atoms with Crippen molar-refractivity contribution in [3.05, 3.63) is 0 Å². The van der Waals surface area contributed by atoms with Gasteiger partial charge in [0.25, 0.3) is 0 Å². The SMILES string of the molecule is C/N=C\CCCCNC(C)=O. The lowest BCUT2D eigenvalue weighted by atomic mass is 10.2. The lowest BCUT2D eigenvalue weighted by molar-refractivity contribution is -0.118. The highest BCUT2D eigenvalue weighted by Gasteiger charge is 1.89. The van der Waals surface area contributed by atoms with Gasteiger partial charge in [-0.1, -0.05) is 0 Å². The molecule has 3 heteroatoms. The minimum atomic E-state index is 0.0501. The Morgan fingerprint density at radius 2 is 2.27 bits per heavy atom. The summed E-state index contributed by atoms with van der Waals surface area (Å²) in [5.41, 5.74) is 0. The first-order valence-electron chi connectivity index (χ1n) is 3.92. The highest BCUT2D eigenvalue weighted by molar-refractivity contribution is 5.72. The van der Waals surface area contributed by atoms with Crippen LogP contribution in [-0.2, 0) is 4.79 Å². The van der Waals surface area contributed by atoms with Crippen molar-refractivity contribution >= 4 is 12.1 Å². The summed E-state index contributed by atoms with van der Waals surface area (Å²) in [6.45, 7) is 2.32. The third-order valence-corrected chi connectivity index (χ3v) is 1.32. The van der Waals surface area contributed by atoms with Gasteiger partial charge >= 0.3 is 0 Å². The molecule has 0 unspecified atom stereocenters. The normalized spacial score (nSPS) is 10.4. The molecule has 0 aliphatic heterocycles. The van der Waals surface area contributed by atoms with E-state index in [1.54, 1.807) is 7.05 Å². The standard InChI is InChI=1S/C8H16N2O/c1-8(11)10-7-5-3-4-6-9-2/h6H,3-5,7H2,1-2H3,(H,10,11)/b9-6-. The number of aliphatic imine (C=N–C) groups is 1. The predicted molar refractivity (Wildman–Crippen MR) is 47.0 cm³/mol. The van der Waals surface area contributed by atoms with Gasteiger partial charge in [0.15, 0.2) is 0 Å². The molecule has 0 aromatic rings. The predicted octanol–water partition coefficient (Wildman–Crippen LogP) is 0.993. The van der Waals surface area contributed by atoms with Crippen LogP contribution in [0.4, 0.5) is 0 Å². The van der Waals surface area contributed by atoms with Crippen molar-refractivity contribution in [2.24, 2.45) is 4.99 Å². The van der Waals surface area contributed by atoms with Gasteiger partial charge in [0.05, 0.1) is 0 Å². The maximum absolute atomic E-state index is 10.4. The smallest absolute Gasteiger partial charge is 0.216 e. The van der Waals surface area contributed by atoms with E-state index in [1.165, 1.54) is 6.92 Å². The Morgan fingerprint density at radius 1 is 1.55 bits per heavy atom. The Bertz CT molecular complexity index is 132. The molecule has 0 radical (unpaired) electrons. The number of carbonyl (C=O) groups is 1. The van der Waals surface area contributed by atoms with Crippen molar-refractivity contribution in [3.63, 3.8) is 0 Å². The average Bonchev–Trinajstić information content (AvgIpc) is 1.96. The van der Waals surface area contributed by atoms with Crippen LogP contribution in [0.3, 0.4) is 0 Å². The van der Waals surface area contributed by atoms with Crippen molar-refractivity contribution < 1.29 is 4.79 Å². The first-order chi connectivity index (χ1) is 5.27. The Morgan fingerprint density at radius 3 is 2.82 bits per heavy atom. The zero-order valence-corrected chi connectivity index (χ0v) is 7.26. The molecule has 0 bridgehead atoms. The van der Waals surface area contributed by atoms with E-state index in [0.29, 0.717) is 0 Å². The number of amides is 1. The average molecular weight is 156 g/mol. The van der Waals surface area contributed by atoms with Crippen LogP contribution < -0.4 is 5.32 Å². The summed E-state index contributed by atoms with van der Waals surface area (Å²) in [6.07, 6.45) is 5.03. The molecule has 0 saturated carbocycles. The van der Waals surface area contributed by atoms with Gasteiger partial charge in [0, 0.05) is 20.5 Å². The van der Waals surface area contributed by atoms with Gasteiger partial charge in [-0.05, 0) is 25.5 Å². The van der Waals surface area contributed by atoms with Crippen molar-refractivity contribution in [2.45, 2.75) is 26.2 Å². The zero-order valence-electron chi connectivity index (χ0n) is 7.26. The fourth-order valence-electron chi connectivity index (χ4n) is 0.754. The summed E-state index contributed by atoms with van der Waals surface area (Å²) in [5, 5.41) is 2.74. The minimum absolute atomic E-state index is 0.0501. The van der Waals surface area contributed by atoms with Gasteiger partial charge in [0.1, 0.15) is 0 Å². The molecule has 0 spiro atoms. The van der Waals surface area contributed by atoms with Crippen molar-refractivity contribution in [1.29, 1.82) is 0 Å². The maximum Gasteiger partial charge on any atom is 0.216 e. The van der Waals surface area contributed by atoms with E-state index >= 15 is 0 Å². The second-order valence-electron chi connectivity index (χ2n) is 2.42. The van der Waals surface area contributed by atoms with Crippen LogP contribution in [0.15, 0.2) is 4.99 Å². The summed E-state index contributed by atoms with van der Waals surface area (Å²) in [7, 11) is 1.77. The molecule has 0 rings (SSSR count). The van der Waals surface area contributed by atoms with Gasteiger partial charge in [0.2, 0.25) is 5.91 Å². The van der Waals surface area contributed by atoms with Crippen molar-refractivity contribution in [3.8, 4) is 0 Å². The van der Waals surface area contributed by atoms with E-state index in [-0.39, 0.29) is 5.91 Å². The van der Waals surface area contributed by atoms with E-state index in [4.69, 9.17) is 0 Å². The molecule has 0 aliphatic rings. The van der Waals surface area contributed by atoms with E-state index in [2.05, 4.69) is 10.3 Å². The van der Waals surface area contributed by atoms with Crippen molar-refractivity contribution in [2.75, 3.05) is 13.6 Å². The van der Waals surface area contributed by atoms with E-state index in [0.717, 1.165) is 25.8 Å². The van der Waals surface area contributed by atoms with Gasteiger partial charge in [-0.3, -0.25) is 4.79 Å². The number of hydrogen-bond acceptors (Lipinski definition) is 2. The highest BCUT2D eigenvalue weighted by atomic mass is 16.1. The number of rotatable bonds is 5. The van der Waals surface area contributed by atoms with Crippen LogP contribution in [0, 0.1) is 0 Å². The highest BCUT2D eigenvalue weighted by Crippen LogP contribution is 1.90. The lowest BCUT2D eigenvalue weighted by Crippen LogP contribution is -2.20. The van der Waals surface area contributed by atoms with Gasteiger partial charge in [-0.25, -0.2) is 0 Å². The number of carbonyl (C=O) groups excluding carboxylic acids is 1. The number of nitrogens with one attached hydrogen (secondary N) is 1. The quantitative estimate of drug-likeness (QED) is 0.468. The Balaban J connectivity index is 2.96. The molecule has 3 nitrogen and oxygen atoms in total. The Hall–Kier alpha value is -0.860. The third kappa shape index (κ3) is 9.14. The largest absolute Gasteiger partial charge is 0.356 e. The van der Waals surface area contributed by atoms with E-state index < -0.39 is 0 Å². The Labute approximate surface area is 67.9 Å². The minimum Gasteiger partial charge on any atom is -0.356 e. The number of nitrogens with zero attached hydrogens (tertiary/aromatic N) is 1. The molecular weight excluding hydrogens is 140 g/mol. The molecule has 11 heavy (non-hydrogen) atoms. The molecule has 0 aromatic heterocycles. The van der Waals surface area contributed by atoms with Crippen LogP contribution in [0.2, 0.25) is 0 Å². The first kappa shape index (κ1) is 10.1. The molecule has 0 aliphatic carbocycles. The van der Waals surface area contributed by atoms with Crippen LogP contribution in [0.1, 0.15) is 26.2 Å². The molecule has 1 N–H and O–H groups in total. The zero-order chi connectivity index (χ0) is 8.53. The van der Waals surface area contributed by atoms with Crippen LogP contribution in [0.5, 0.6) is 0 Å². The summed E-state index contributed by atoms with van der Waals surface area (Å²) in [5.74, 6) is 0.0501. The molecule has 64 valence electrons. The summed E-state index contributed by atoms with van der Waals surface area (Å²) >= 11 is 0. The molecule has 0 heterocycles. The van der Waals surface area contributed by atoms with Crippen LogP contribution in [0.25, 0.3) is 0 Å². The van der Waals surface area contributed by atoms with Gasteiger partial charge < -0.3 is 10.3 Å². The lowest BCUT2D eigenvalue weighted by Gasteiger charge is -1.98. The molecule has 0 aromatic carbocycles. The van der Waals surface area contributed by atoms with Crippen LogP contribution in [-0.4, -0.2) is 25.7 Å².